The van der Waals surface area contributed by atoms with Gasteiger partial charge in [-0.25, -0.2) is 0 Å². The Kier molecular flexibility index (Phi) is 3.76. The Labute approximate surface area is 98.2 Å². The van der Waals surface area contributed by atoms with E-state index in [1.54, 1.807) is 19.9 Å². The summed E-state index contributed by atoms with van der Waals surface area (Å²) < 4.78 is 4.72. The van der Waals surface area contributed by atoms with E-state index in [9.17, 15) is 4.79 Å². The Morgan fingerprint density at radius 2 is 2.27 bits per heavy atom. The minimum Gasteiger partial charge on any atom is -0.469 e. The number of ether oxygens (including phenoxy) is 1. The normalized spacial score (nSPS) is 13.7. The first kappa shape index (κ1) is 12.5. The van der Waals surface area contributed by atoms with Gasteiger partial charge in [-0.05, 0) is 25.3 Å². The first-order chi connectivity index (χ1) is 6.91. The lowest BCUT2D eigenvalue weighted by Gasteiger charge is -2.28. The second-order valence-corrected chi connectivity index (χ2v) is 5.18. The van der Waals surface area contributed by atoms with Crippen LogP contribution in [0.25, 0.3) is 0 Å². The van der Waals surface area contributed by atoms with E-state index in [0.29, 0.717) is 5.02 Å². The van der Waals surface area contributed by atoms with E-state index in [4.69, 9.17) is 22.1 Å². The number of hydrogen-bond acceptors (Lipinski definition) is 4. The van der Waals surface area contributed by atoms with Crippen molar-refractivity contribution in [3.8, 4) is 0 Å². The van der Waals surface area contributed by atoms with Gasteiger partial charge < -0.3 is 10.5 Å². The first-order valence-electron chi connectivity index (χ1n) is 4.48. The Balaban J connectivity index is 2.99. The minimum absolute atomic E-state index is 0.334. The molecule has 0 saturated heterocycles. The van der Waals surface area contributed by atoms with Crippen molar-refractivity contribution in [2.45, 2.75) is 19.9 Å². The molecule has 1 heterocycles. The number of carbonyl (C=O) groups is 1. The number of halogens is 1. The van der Waals surface area contributed by atoms with E-state index in [1.165, 1.54) is 18.4 Å². The topological polar surface area (TPSA) is 52.3 Å². The van der Waals surface area contributed by atoms with Gasteiger partial charge in [0.2, 0.25) is 0 Å². The summed E-state index contributed by atoms with van der Waals surface area (Å²) in [4.78, 5) is 12.4. The molecule has 0 unspecified atom stereocenters. The summed E-state index contributed by atoms with van der Waals surface area (Å²) in [5.41, 5.74) is 5.25. The standard InChI is InChI=1S/C10H14ClNO2S/c1-10(2,9(13)14-3)8(12)7-6(11)4-5-15-7/h4-5,8H,12H2,1-3H3/t8-/m0/s1. The average molecular weight is 248 g/mol. The smallest absolute Gasteiger partial charge is 0.313 e. The Morgan fingerprint density at radius 3 is 2.67 bits per heavy atom. The number of esters is 1. The maximum Gasteiger partial charge on any atom is 0.313 e. The molecule has 2 N–H and O–H groups in total. The fourth-order valence-electron chi connectivity index (χ4n) is 1.25. The van der Waals surface area contributed by atoms with Crippen molar-refractivity contribution in [3.05, 3.63) is 21.3 Å². The van der Waals surface area contributed by atoms with Crippen molar-refractivity contribution >= 4 is 28.9 Å². The molecule has 1 aromatic rings. The SMILES string of the molecule is COC(=O)C(C)(C)[C@@H](N)c1sccc1Cl. The highest BCUT2D eigenvalue weighted by molar-refractivity contribution is 7.10. The molecule has 0 bridgehead atoms. The van der Waals surface area contributed by atoms with E-state index in [0.717, 1.165) is 4.88 Å². The minimum atomic E-state index is -0.775. The maximum absolute atomic E-state index is 11.5. The molecular formula is C10H14ClNO2S. The second kappa shape index (κ2) is 4.51. The van der Waals surface area contributed by atoms with Crippen LogP contribution in [-0.2, 0) is 9.53 Å². The van der Waals surface area contributed by atoms with Crippen LogP contribution in [-0.4, -0.2) is 13.1 Å². The Bertz CT molecular complexity index is 362. The van der Waals surface area contributed by atoms with Gasteiger partial charge in [-0.15, -0.1) is 11.3 Å². The zero-order valence-corrected chi connectivity index (χ0v) is 10.5. The highest BCUT2D eigenvalue weighted by atomic mass is 35.5. The van der Waals surface area contributed by atoms with Crippen molar-refractivity contribution in [2.75, 3.05) is 7.11 Å². The molecule has 0 aliphatic carbocycles. The van der Waals surface area contributed by atoms with Crippen LogP contribution in [0.4, 0.5) is 0 Å². The third-order valence-corrected chi connectivity index (χ3v) is 3.86. The number of rotatable bonds is 3. The van der Waals surface area contributed by atoms with Gasteiger partial charge in [-0.1, -0.05) is 11.6 Å². The molecule has 0 aliphatic rings. The van der Waals surface area contributed by atoms with Crippen LogP contribution in [0.3, 0.4) is 0 Å². The predicted molar refractivity (Wildman–Crippen MR) is 62.1 cm³/mol. The molecule has 0 aliphatic heterocycles. The highest BCUT2D eigenvalue weighted by Gasteiger charge is 2.38. The first-order valence-corrected chi connectivity index (χ1v) is 5.74. The zero-order valence-electron chi connectivity index (χ0n) is 8.91. The van der Waals surface area contributed by atoms with Crippen molar-refractivity contribution in [3.63, 3.8) is 0 Å². The lowest BCUT2D eigenvalue weighted by atomic mass is 9.84. The fourth-order valence-corrected chi connectivity index (χ4v) is 2.61. The average Bonchev–Trinajstić information content (AvgIpc) is 2.61. The number of methoxy groups -OCH3 is 1. The van der Waals surface area contributed by atoms with E-state index in [2.05, 4.69) is 0 Å². The van der Waals surface area contributed by atoms with Gasteiger partial charge in [0.05, 0.1) is 23.6 Å². The number of thiophene rings is 1. The monoisotopic (exact) mass is 247 g/mol. The fraction of sp³-hybridized carbons (Fsp3) is 0.500. The van der Waals surface area contributed by atoms with E-state index >= 15 is 0 Å². The molecule has 0 radical (unpaired) electrons. The third-order valence-electron chi connectivity index (χ3n) is 2.42. The summed E-state index contributed by atoms with van der Waals surface area (Å²) in [6.45, 7) is 3.50. The number of hydrogen-bond donors (Lipinski definition) is 1. The Morgan fingerprint density at radius 1 is 1.67 bits per heavy atom. The highest BCUT2D eigenvalue weighted by Crippen LogP contribution is 2.38. The summed E-state index contributed by atoms with van der Waals surface area (Å²) in [7, 11) is 1.35. The third kappa shape index (κ3) is 2.33. The molecule has 15 heavy (non-hydrogen) atoms. The van der Waals surface area contributed by atoms with E-state index in [1.807, 2.05) is 5.38 Å². The number of carbonyl (C=O) groups excluding carboxylic acids is 1. The van der Waals surface area contributed by atoms with Crippen molar-refractivity contribution in [1.82, 2.24) is 0 Å². The van der Waals surface area contributed by atoms with Gasteiger partial charge in [0.1, 0.15) is 0 Å². The molecule has 1 atom stereocenters. The van der Waals surface area contributed by atoms with Gasteiger partial charge in [-0.2, -0.15) is 0 Å². The zero-order chi connectivity index (χ0) is 11.6. The van der Waals surface area contributed by atoms with Gasteiger partial charge in [0.15, 0.2) is 0 Å². The number of nitrogens with two attached hydrogens (primary N) is 1. The van der Waals surface area contributed by atoms with E-state index in [-0.39, 0.29) is 5.97 Å². The molecule has 0 spiro atoms. The summed E-state index contributed by atoms with van der Waals surface area (Å²) in [6.07, 6.45) is 0. The molecule has 1 aromatic heterocycles. The van der Waals surface area contributed by atoms with Crippen LogP contribution < -0.4 is 5.73 Å². The molecule has 0 fully saturated rings. The van der Waals surface area contributed by atoms with Crippen LogP contribution in [0.2, 0.25) is 5.02 Å². The van der Waals surface area contributed by atoms with Crippen LogP contribution in [0, 0.1) is 5.41 Å². The van der Waals surface area contributed by atoms with Crippen LogP contribution >= 0.6 is 22.9 Å². The molecule has 1 rings (SSSR count). The van der Waals surface area contributed by atoms with Gasteiger partial charge in [-0.3, -0.25) is 4.79 Å². The molecule has 0 aromatic carbocycles. The molecule has 0 amide bonds. The van der Waals surface area contributed by atoms with Crippen LogP contribution in [0.15, 0.2) is 11.4 Å². The largest absolute Gasteiger partial charge is 0.469 e. The molecule has 5 heteroatoms. The van der Waals surface area contributed by atoms with Gasteiger partial charge >= 0.3 is 5.97 Å². The molecular weight excluding hydrogens is 234 g/mol. The lowest BCUT2D eigenvalue weighted by molar-refractivity contribution is -0.152. The van der Waals surface area contributed by atoms with Crippen molar-refractivity contribution in [2.24, 2.45) is 11.1 Å². The van der Waals surface area contributed by atoms with Crippen LogP contribution in [0.5, 0.6) is 0 Å². The van der Waals surface area contributed by atoms with Gasteiger partial charge in [0, 0.05) is 4.88 Å². The summed E-state index contributed by atoms with van der Waals surface area (Å²) >= 11 is 7.41. The second-order valence-electron chi connectivity index (χ2n) is 3.82. The summed E-state index contributed by atoms with van der Waals surface area (Å²) in [5.74, 6) is -0.334. The molecule has 84 valence electrons. The van der Waals surface area contributed by atoms with Crippen LogP contribution in [0.1, 0.15) is 24.8 Å². The summed E-state index contributed by atoms with van der Waals surface area (Å²) in [6, 6.07) is 1.33. The quantitative estimate of drug-likeness (QED) is 0.836. The predicted octanol–water partition coefficient (Wildman–Crippen LogP) is 2.60. The van der Waals surface area contributed by atoms with Crippen molar-refractivity contribution < 1.29 is 9.53 Å². The van der Waals surface area contributed by atoms with Gasteiger partial charge in [0.25, 0.3) is 0 Å². The van der Waals surface area contributed by atoms with E-state index < -0.39 is 11.5 Å². The Hall–Kier alpha value is -0.580. The summed E-state index contributed by atoms with van der Waals surface area (Å²) in [5, 5.41) is 2.45. The molecule has 3 nitrogen and oxygen atoms in total. The van der Waals surface area contributed by atoms with Crippen molar-refractivity contribution in [1.29, 1.82) is 0 Å². The lowest BCUT2D eigenvalue weighted by Crippen LogP contribution is -2.37. The molecule has 0 saturated carbocycles. The maximum atomic E-state index is 11.5.